The maximum atomic E-state index is 10.1. The van der Waals surface area contributed by atoms with Crippen LogP contribution in [0.3, 0.4) is 0 Å². The van der Waals surface area contributed by atoms with Crippen LogP contribution in [0.15, 0.2) is 24.3 Å². The number of aliphatic hydroxyl groups is 1. The summed E-state index contributed by atoms with van der Waals surface area (Å²) in [4.78, 5) is 10.1. The third-order valence-corrected chi connectivity index (χ3v) is 3.92. The molecule has 0 aliphatic heterocycles. The van der Waals surface area contributed by atoms with Crippen LogP contribution in [-0.4, -0.2) is 52.3 Å². The Morgan fingerprint density at radius 2 is 1.92 bits per heavy atom. The third-order valence-electron chi connectivity index (χ3n) is 2.93. The maximum Gasteiger partial charge on any atom is 0.320 e. The van der Waals surface area contributed by atoms with E-state index in [1.807, 2.05) is 38.3 Å². The van der Waals surface area contributed by atoms with Gasteiger partial charge in [-0.3, -0.25) is 4.79 Å². The number of aliphatic hydroxyl groups excluding tert-OH is 1. The van der Waals surface area contributed by atoms with Crippen molar-refractivity contribution >= 4 is 41.7 Å². The zero-order valence-corrected chi connectivity index (χ0v) is 17.1. The number of halogens is 2. The molecule has 6 nitrogen and oxygen atoms in total. The number of hydrogen-bond acceptors (Lipinski definition) is 5. The molecule has 25 heavy (non-hydrogen) atoms. The fourth-order valence-electron chi connectivity index (χ4n) is 1.57. The highest BCUT2D eigenvalue weighted by molar-refractivity contribution is 7.98. The average Bonchev–Trinajstić information content (AvgIpc) is 2.51. The SMILES string of the molecule is CC(C)NCC(O)c1ccccc1Cl.CSCCC(N)C(=O)O.Cl.O. The molecule has 2 unspecified atom stereocenters. The Balaban J connectivity index is -0.000000390. The second-order valence-corrected chi connectivity index (χ2v) is 6.72. The van der Waals surface area contributed by atoms with E-state index in [4.69, 9.17) is 22.4 Å². The van der Waals surface area contributed by atoms with Crippen LogP contribution in [-0.2, 0) is 4.79 Å². The summed E-state index contributed by atoms with van der Waals surface area (Å²) in [7, 11) is 0. The Morgan fingerprint density at radius 1 is 1.36 bits per heavy atom. The molecule has 0 aromatic heterocycles. The van der Waals surface area contributed by atoms with Gasteiger partial charge in [0.25, 0.3) is 0 Å². The number of carboxylic acid groups (broad SMARTS) is 1. The second kappa shape index (κ2) is 16.9. The van der Waals surface area contributed by atoms with Gasteiger partial charge in [0.05, 0.1) is 6.10 Å². The van der Waals surface area contributed by atoms with E-state index >= 15 is 0 Å². The summed E-state index contributed by atoms with van der Waals surface area (Å²) >= 11 is 7.55. The normalized spacial score (nSPS) is 12.1. The van der Waals surface area contributed by atoms with E-state index in [9.17, 15) is 9.90 Å². The lowest BCUT2D eigenvalue weighted by molar-refractivity contribution is -0.138. The van der Waals surface area contributed by atoms with Crippen molar-refractivity contribution in [3.8, 4) is 0 Å². The highest BCUT2D eigenvalue weighted by Gasteiger charge is 2.10. The molecule has 0 radical (unpaired) electrons. The summed E-state index contributed by atoms with van der Waals surface area (Å²) in [5.41, 5.74) is 5.97. The Labute approximate surface area is 165 Å². The number of carboxylic acids is 1. The van der Waals surface area contributed by atoms with Gasteiger partial charge in [-0.15, -0.1) is 12.4 Å². The topological polar surface area (TPSA) is 127 Å². The van der Waals surface area contributed by atoms with E-state index in [0.29, 0.717) is 24.0 Å². The van der Waals surface area contributed by atoms with E-state index in [-0.39, 0.29) is 17.9 Å². The second-order valence-electron chi connectivity index (χ2n) is 5.33. The van der Waals surface area contributed by atoms with Gasteiger partial charge in [-0.2, -0.15) is 11.8 Å². The van der Waals surface area contributed by atoms with Crippen molar-refractivity contribution in [2.24, 2.45) is 5.73 Å². The molecule has 0 bridgehead atoms. The fraction of sp³-hybridized carbons (Fsp3) is 0.562. The predicted molar refractivity (Wildman–Crippen MR) is 109 cm³/mol. The molecule has 1 rings (SSSR count). The van der Waals surface area contributed by atoms with Crippen molar-refractivity contribution in [3.63, 3.8) is 0 Å². The Hall–Kier alpha value is -0.540. The lowest BCUT2D eigenvalue weighted by atomic mass is 10.1. The average molecular weight is 417 g/mol. The van der Waals surface area contributed by atoms with Crippen molar-refractivity contribution in [2.45, 2.75) is 38.5 Å². The lowest BCUT2D eigenvalue weighted by Crippen LogP contribution is -2.30. The van der Waals surface area contributed by atoms with Crippen molar-refractivity contribution < 1.29 is 20.5 Å². The Kier molecular flexibility index (Phi) is 19.8. The van der Waals surface area contributed by atoms with Gasteiger partial charge < -0.3 is 26.7 Å². The van der Waals surface area contributed by atoms with Crippen LogP contribution in [0.2, 0.25) is 5.02 Å². The molecular formula is C16H30Cl2N2O4S. The zero-order valence-electron chi connectivity index (χ0n) is 14.7. The molecule has 0 fully saturated rings. The van der Waals surface area contributed by atoms with Crippen molar-refractivity contribution in [1.82, 2.24) is 5.32 Å². The summed E-state index contributed by atoms with van der Waals surface area (Å²) in [6.45, 7) is 4.61. The van der Waals surface area contributed by atoms with Crippen molar-refractivity contribution in [3.05, 3.63) is 34.9 Å². The summed E-state index contributed by atoms with van der Waals surface area (Å²) in [5, 5.41) is 21.9. The molecule has 0 aliphatic carbocycles. The fourth-order valence-corrected chi connectivity index (χ4v) is 2.32. The number of aliphatic carboxylic acids is 1. The standard InChI is InChI=1S/C11H16ClNO.C5H11NO2S.ClH.H2O/c1-8(2)13-7-11(14)9-5-3-4-6-10(9)12;1-9-3-2-4(6)5(7)8;;/h3-6,8,11,13-14H,7H2,1-2H3;4H,2-3,6H2,1H3,(H,7,8);1H;1H2. The van der Waals surface area contributed by atoms with E-state index < -0.39 is 18.1 Å². The number of hydrogen-bond donors (Lipinski definition) is 4. The van der Waals surface area contributed by atoms with Crippen LogP contribution in [0.4, 0.5) is 0 Å². The number of benzene rings is 1. The minimum atomic E-state index is -0.913. The van der Waals surface area contributed by atoms with Crippen LogP contribution in [0.25, 0.3) is 0 Å². The Bertz CT molecular complexity index is 468. The molecule has 0 aliphatic rings. The quantitative estimate of drug-likeness (QED) is 0.513. The van der Waals surface area contributed by atoms with Gasteiger partial charge in [-0.05, 0) is 24.5 Å². The van der Waals surface area contributed by atoms with Crippen molar-refractivity contribution in [1.29, 1.82) is 0 Å². The summed E-state index contributed by atoms with van der Waals surface area (Å²) in [6.07, 6.45) is 1.94. The van der Waals surface area contributed by atoms with Crippen LogP contribution in [0.1, 0.15) is 31.9 Å². The van der Waals surface area contributed by atoms with Gasteiger partial charge in [-0.1, -0.05) is 43.6 Å². The smallest absolute Gasteiger partial charge is 0.320 e. The molecule has 1 aromatic carbocycles. The predicted octanol–water partition coefficient (Wildman–Crippen LogP) is 2.12. The van der Waals surface area contributed by atoms with Gasteiger partial charge in [0.1, 0.15) is 6.04 Å². The highest BCUT2D eigenvalue weighted by Crippen LogP contribution is 2.21. The molecular weight excluding hydrogens is 387 g/mol. The van der Waals surface area contributed by atoms with E-state index in [0.717, 1.165) is 11.3 Å². The van der Waals surface area contributed by atoms with E-state index in [2.05, 4.69) is 5.32 Å². The van der Waals surface area contributed by atoms with Gasteiger partial charge in [0, 0.05) is 23.2 Å². The third kappa shape index (κ3) is 14.3. The first-order valence-corrected chi connectivity index (χ1v) is 9.20. The van der Waals surface area contributed by atoms with E-state index in [1.54, 1.807) is 17.8 Å². The lowest BCUT2D eigenvalue weighted by Gasteiger charge is -2.15. The molecule has 0 saturated heterocycles. The highest BCUT2D eigenvalue weighted by atomic mass is 35.5. The molecule has 7 N–H and O–H groups in total. The molecule has 0 amide bonds. The van der Waals surface area contributed by atoms with Crippen molar-refractivity contribution in [2.75, 3.05) is 18.6 Å². The first kappa shape index (κ1) is 29.2. The van der Waals surface area contributed by atoms with Gasteiger partial charge in [-0.25, -0.2) is 0 Å². The molecule has 2 atom stereocenters. The zero-order chi connectivity index (χ0) is 17.8. The number of nitrogens with two attached hydrogens (primary N) is 1. The first-order valence-electron chi connectivity index (χ1n) is 7.42. The minimum Gasteiger partial charge on any atom is -0.480 e. The molecule has 0 spiro atoms. The Morgan fingerprint density at radius 3 is 2.36 bits per heavy atom. The largest absolute Gasteiger partial charge is 0.480 e. The molecule has 148 valence electrons. The van der Waals surface area contributed by atoms with Gasteiger partial charge in [0.2, 0.25) is 0 Å². The number of thioether (sulfide) groups is 1. The molecule has 9 heteroatoms. The van der Waals surface area contributed by atoms with Crippen LogP contribution in [0.5, 0.6) is 0 Å². The molecule has 0 heterocycles. The number of rotatable bonds is 8. The molecule has 0 saturated carbocycles. The first-order chi connectivity index (χ1) is 10.8. The van der Waals surface area contributed by atoms with Gasteiger partial charge >= 0.3 is 5.97 Å². The van der Waals surface area contributed by atoms with Crippen LogP contribution in [0, 0.1) is 0 Å². The summed E-state index contributed by atoms with van der Waals surface area (Å²) in [6, 6.07) is 7.04. The van der Waals surface area contributed by atoms with Crippen LogP contribution < -0.4 is 11.1 Å². The number of carbonyl (C=O) groups is 1. The summed E-state index contributed by atoms with van der Waals surface area (Å²) in [5.74, 6) is -0.1000. The molecule has 1 aromatic rings. The van der Waals surface area contributed by atoms with E-state index in [1.165, 1.54) is 0 Å². The van der Waals surface area contributed by atoms with Crippen LogP contribution >= 0.6 is 35.8 Å². The van der Waals surface area contributed by atoms with Gasteiger partial charge in [0.15, 0.2) is 0 Å². The minimum absolute atomic E-state index is 0. The monoisotopic (exact) mass is 416 g/mol. The summed E-state index contributed by atoms with van der Waals surface area (Å²) < 4.78 is 0. The maximum absolute atomic E-state index is 10.1. The number of nitrogens with one attached hydrogen (secondary N) is 1.